The van der Waals surface area contributed by atoms with Crippen molar-refractivity contribution in [1.29, 1.82) is 0 Å². The lowest BCUT2D eigenvalue weighted by Gasteiger charge is -2.21. The van der Waals surface area contributed by atoms with Crippen LogP contribution in [0.2, 0.25) is 5.02 Å². The predicted octanol–water partition coefficient (Wildman–Crippen LogP) is 3.33. The standard InChI is InChI=1S/C11H10BrClF2O3/c1-2-18-10(17)11(14,15)9(16)6-3-4-7(12)8(13)5-6/h3-5,9,16H,2H2,1H3. The number of alkyl halides is 2. The lowest BCUT2D eigenvalue weighted by Crippen LogP contribution is -2.37. The number of halogens is 4. The van der Waals surface area contributed by atoms with Gasteiger partial charge in [0.15, 0.2) is 6.10 Å². The normalized spacial score (nSPS) is 13.2. The van der Waals surface area contributed by atoms with Gasteiger partial charge in [0.1, 0.15) is 0 Å². The van der Waals surface area contributed by atoms with E-state index in [0.717, 1.165) is 6.07 Å². The summed E-state index contributed by atoms with van der Waals surface area (Å²) in [6.45, 7) is 1.21. The first-order valence-electron chi connectivity index (χ1n) is 4.98. The molecule has 1 unspecified atom stereocenters. The van der Waals surface area contributed by atoms with Crippen LogP contribution in [-0.2, 0) is 9.53 Å². The van der Waals surface area contributed by atoms with E-state index in [1.807, 2.05) is 0 Å². The maximum atomic E-state index is 13.5. The fourth-order valence-electron chi connectivity index (χ4n) is 1.23. The molecule has 0 aliphatic heterocycles. The lowest BCUT2D eigenvalue weighted by molar-refractivity contribution is -0.189. The molecular weight excluding hydrogens is 333 g/mol. The molecule has 0 aromatic heterocycles. The van der Waals surface area contributed by atoms with Crippen LogP contribution < -0.4 is 0 Å². The number of benzene rings is 1. The summed E-state index contributed by atoms with van der Waals surface area (Å²) in [5.41, 5.74) is -0.166. The zero-order valence-electron chi connectivity index (χ0n) is 9.29. The molecule has 0 amide bonds. The van der Waals surface area contributed by atoms with E-state index >= 15 is 0 Å². The SMILES string of the molecule is CCOC(=O)C(F)(F)C(O)c1ccc(Br)c(Cl)c1. The molecular formula is C11H10BrClF2O3. The Morgan fingerprint density at radius 3 is 2.72 bits per heavy atom. The summed E-state index contributed by atoms with van der Waals surface area (Å²) in [6, 6.07) is 3.80. The molecule has 1 N–H and O–H groups in total. The average molecular weight is 344 g/mol. The maximum absolute atomic E-state index is 13.5. The minimum atomic E-state index is -4.02. The van der Waals surface area contributed by atoms with Gasteiger partial charge in [0, 0.05) is 4.47 Å². The first-order chi connectivity index (χ1) is 8.30. The van der Waals surface area contributed by atoms with Gasteiger partial charge in [-0.25, -0.2) is 4.79 Å². The highest BCUT2D eigenvalue weighted by molar-refractivity contribution is 9.10. The number of rotatable bonds is 4. The molecule has 18 heavy (non-hydrogen) atoms. The Morgan fingerprint density at radius 1 is 1.61 bits per heavy atom. The molecule has 0 fully saturated rings. The van der Waals surface area contributed by atoms with Crippen LogP contribution in [0, 0.1) is 0 Å². The van der Waals surface area contributed by atoms with Crippen LogP contribution in [0.15, 0.2) is 22.7 Å². The molecule has 0 heterocycles. The van der Waals surface area contributed by atoms with E-state index in [4.69, 9.17) is 11.6 Å². The third kappa shape index (κ3) is 3.18. The van der Waals surface area contributed by atoms with Gasteiger partial charge >= 0.3 is 11.9 Å². The third-order valence-electron chi connectivity index (χ3n) is 2.15. The molecule has 3 nitrogen and oxygen atoms in total. The van der Waals surface area contributed by atoms with Crippen molar-refractivity contribution in [3.8, 4) is 0 Å². The van der Waals surface area contributed by atoms with Gasteiger partial charge < -0.3 is 9.84 Å². The van der Waals surface area contributed by atoms with Gasteiger partial charge in [0.25, 0.3) is 0 Å². The summed E-state index contributed by atoms with van der Waals surface area (Å²) < 4.78 is 31.8. The van der Waals surface area contributed by atoms with Gasteiger partial charge in [-0.1, -0.05) is 17.7 Å². The molecule has 0 bridgehead atoms. The van der Waals surface area contributed by atoms with Crippen molar-refractivity contribution >= 4 is 33.5 Å². The molecule has 1 atom stereocenters. The van der Waals surface area contributed by atoms with E-state index in [2.05, 4.69) is 20.7 Å². The lowest BCUT2D eigenvalue weighted by atomic mass is 10.0. The Bertz CT molecular complexity index is 454. The van der Waals surface area contributed by atoms with E-state index in [0.29, 0.717) is 4.47 Å². The first-order valence-corrected chi connectivity index (χ1v) is 6.15. The third-order valence-corrected chi connectivity index (χ3v) is 3.38. The number of hydrogen-bond donors (Lipinski definition) is 1. The molecule has 0 aliphatic carbocycles. The summed E-state index contributed by atoms with van der Waals surface area (Å²) in [5, 5.41) is 9.69. The van der Waals surface area contributed by atoms with Gasteiger partial charge in [0.2, 0.25) is 0 Å². The zero-order valence-corrected chi connectivity index (χ0v) is 11.6. The molecule has 0 aliphatic rings. The number of aliphatic hydroxyl groups excluding tert-OH is 1. The van der Waals surface area contributed by atoms with Crippen LogP contribution >= 0.6 is 27.5 Å². The fraction of sp³-hybridized carbons (Fsp3) is 0.364. The molecule has 0 saturated carbocycles. The molecule has 7 heteroatoms. The average Bonchev–Trinajstić information content (AvgIpc) is 2.32. The Hall–Kier alpha value is -0.720. The molecule has 1 aromatic carbocycles. The second kappa shape index (κ2) is 5.95. The van der Waals surface area contributed by atoms with Gasteiger partial charge in [-0.05, 0) is 40.5 Å². The highest BCUT2D eigenvalue weighted by Crippen LogP contribution is 2.35. The number of esters is 1. The molecule has 1 rings (SSSR count). The largest absolute Gasteiger partial charge is 0.461 e. The van der Waals surface area contributed by atoms with E-state index in [1.54, 1.807) is 0 Å². The van der Waals surface area contributed by atoms with Gasteiger partial charge in [-0.2, -0.15) is 8.78 Å². The Balaban J connectivity index is 3.01. The first kappa shape index (κ1) is 15.3. The van der Waals surface area contributed by atoms with E-state index in [-0.39, 0.29) is 17.2 Å². The van der Waals surface area contributed by atoms with Crippen molar-refractivity contribution in [3.63, 3.8) is 0 Å². The summed E-state index contributed by atoms with van der Waals surface area (Å²) in [7, 11) is 0. The van der Waals surface area contributed by atoms with E-state index in [9.17, 15) is 18.7 Å². The van der Waals surface area contributed by atoms with Crippen molar-refractivity contribution in [2.24, 2.45) is 0 Å². The minimum Gasteiger partial charge on any atom is -0.461 e. The Morgan fingerprint density at radius 2 is 2.22 bits per heavy atom. The second-order valence-electron chi connectivity index (χ2n) is 3.42. The highest BCUT2D eigenvalue weighted by atomic mass is 79.9. The summed E-state index contributed by atoms with van der Waals surface area (Å²) >= 11 is 8.82. The highest BCUT2D eigenvalue weighted by Gasteiger charge is 2.49. The van der Waals surface area contributed by atoms with Gasteiger partial charge in [0.05, 0.1) is 11.6 Å². The number of carbonyl (C=O) groups excluding carboxylic acids is 1. The van der Waals surface area contributed by atoms with Crippen molar-refractivity contribution < 1.29 is 23.4 Å². The van der Waals surface area contributed by atoms with Gasteiger partial charge in [-0.15, -0.1) is 0 Å². The quantitative estimate of drug-likeness (QED) is 0.853. The van der Waals surface area contributed by atoms with Crippen LogP contribution in [0.25, 0.3) is 0 Å². The monoisotopic (exact) mass is 342 g/mol. The van der Waals surface area contributed by atoms with Crippen LogP contribution in [0.1, 0.15) is 18.6 Å². The fourth-order valence-corrected chi connectivity index (χ4v) is 1.67. The molecule has 1 aromatic rings. The summed E-state index contributed by atoms with van der Waals surface area (Å²) in [4.78, 5) is 11.1. The van der Waals surface area contributed by atoms with Crippen LogP contribution in [-0.4, -0.2) is 23.6 Å². The molecule has 0 spiro atoms. The minimum absolute atomic E-state index is 0.159. The number of ether oxygens (including phenoxy) is 1. The molecule has 0 radical (unpaired) electrons. The van der Waals surface area contributed by atoms with Crippen molar-refractivity contribution in [2.75, 3.05) is 6.61 Å². The van der Waals surface area contributed by atoms with E-state index in [1.165, 1.54) is 19.1 Å². The van der Waals surface area contributed by atoms with Crippen molar-refractivity contribution in [1.82, 2.24) is 0 Å². The number of carbonyl (C=O) groups is 1. The molecule has 0 saturated heterocycles. The smallest absolute Gasteiger partial charge is 0.380 e. The van der Waals surface area contributed by atoms with Crippen LogP contribution in [0.4, 0.5) is 8.78 Å². The number of hydrogen-bond acceptors (Lipinski definition) is 3. The maximum Gasteiger partial charge on any atom is 0.380 e. The zero-order chi connectivity index (χ0) is 13.9. The predicted molar refractivity (Wildman–Crippen MR) is 65.7 cm³/mol. The topological polar surface area (TPSA) is 46.5 Å². The van der Waals surface area contributed by atoms with Crippen molar-refractivity contribution in [2.45, 2.75) is 19.0 Å². The summed E-state index contributed by atoms with van der Waals surface area (Å²) in [5.74, 6) is -5.79. The molecule has 100 valence electrons. The Kier molecular flexibility index (Phi) is 5.07. The van der Waals surface area contributed by atoms with Crippen molar-refractivity contribution in [3.05, 3.63) is 33.3 Å². The van der Waals surface area contributed by atoms with E-state index < -0.39 is 18.0 Å². The van der Waals surface area contributed by atoms with Crippen LogP contribution in [0.3, 0.4) is 0 Å². The Labute approximate surface area is 116 Å². The second-order valence-corrected chi connectivity index (χ2v) is 4.68. The summed E-state index contributed by atoms with van der Waals surface area (Å²) in [6.07, 6.45) is -2.30. The van der Waals surface area contributed by atoms with Crippen LogP contribution in [0.5, 0.6) is 0 Å². The van der Waals surface area contributed by atoms with Gasteiger partial charge in [-0.3, -0.25) is 0 Å². The number of aliphatic hydroxyl groups is 1.